The summed E-state index contributed by atoms with van der Waals surface area (Å²) in [7, 11) is 0. The van der Waals surface area contributed by atoms with E-state index in [1.807, 2.05) is 5.43 Å². The summed E-state index contributed by atoms with van der Waals surface area (Å²) in [6, 6.07) is 6.87. The molecule has 16 heavy (non-hydrogen) atoms. The van der Waals surface area contributed by atoms with Crippen molar-refractivity contribution in [1.82, 2.24) is 5.43 Å². The third-order valence-electron chi connectivity index (χ3n) is 1.86. The third kappa shape index (κ3) is 3.45. The van der Waals surface area contributed by atoms with E-state index < -0.39 is 0 Å². The third-order valence-corrected chi connectivity index (χ3v) is 1.86. The molecule has 1 aromatic rings. The van der Waals surface area contributed by atoms with E-state index in [-0.39, 0.29) is 5.91 Å². The quantitative estimate of drug-likeness (QED) is 0.200. The molecular formula is C10H11N5O. The average Bonchev–Trinajstić information content (AvgIpc) is 2.34. The van der Waals surface area contributed by atoms with Gasteiger partial charge in [-0.2, -0.15) is 0 Å². The minimum absolute atomic E-state index is 0.307. The molecular weight excluding hydrogens is 206 g/mol. The molecule has 1 amide bonds. The van der Waals surface area contributed by atoms with Gasteiger partial charge in [0.15, 0.2) is 0 Å². The number of hydrogen-bond donors (Lipinski definition) is 2. The highest BCUT2D eigenvalue weighted by Gasteiger charge is 2.00. The maximum atomic E-state index is 11.1. The standard InChI is InChI=1S/C10H11N5O/c11-14-10(16)9-5-3-8(4-6-9)2-1-7-13-15-12/h1-6H,7,11H2,(H,14,16). The molecule has 0 aliphatic rings. The van der Waals surface area contributed by atoms with Gasteiger partial charge in [0.2, 0.25) is 0 Å². The zero-order valence-corrected chi connectivity index (χ0v) is 8.50. The minimum atomic E-state index is -0.329. The van der Waals surface area contributed by atoms with E-state index >= 15 is 0 Å². The fourth-order valence-electron chi connectivity index (χ4n) is 1.10. The first kappa shape index (κ1) is 11.8. The number of carbonyl (C=O) groups excluding carboxylic acids is 1. The number of hydrazine groups is 1. The van der Waals surface area contributed by atoms with Crippen LogP contribution in [0.2, 0.25) is 0 Å². The van der Waals surface area contributed by atoms with Crippen molar-refractivity contribution in [2.75, 3.05) is 6.54 Å². The Morgan fingerprint density at radius 1 is 1.50 bits per heavy atom. The Kier molecular flexibility index (Phi) is 4.59. The van der Waals surface area contributed by atoms with Crippen LogP contribution in [-0.2, 0) is 0 Å². The zero-order chi connectivity index (χ0) is 11.8. The lowest BCUT2D eigenvalue weighted by Crippen LogP contribution is -2.29. The molecule has 1 aromatic carbocycles. The molecule has 0 aliphatic carbocycles. The van der Waals surface area contributed by atoms with Crippen LogP contribution >= 0.6 is 0 Å². The Morgan fingerprint density at radius 2 is 2.19 bits per heavy atom. The number of nitrogens with one attached hydrogen (secondary N) is 1. The first-order chi connectivity index (χ1) is 7.77. The highest BCUT2D eigenvalue weighted by atomic mass is 16.2. The number of azide groups is 1. The molecule has 0 atom stereocenters. The number of nitrogens with two attached hydrogens (primary N) is 1. The SMILES string of the molecule is [N-]=[N+]=NCC=Cc1ccc(C(=O)NN)cc1. The van der Waals surface area contributed by atoms with Crippen molar-refractivity contribution in [3.05, 3.63) is 51.9 Å². The molecule has 0 bridgehead atoms. The van der Waals surface area contributed by atoms with Gasteiger partial charge in [-0.15, -0.1) is 0 Å². The molecule has 0 saturated carbocycles. The van der Waals surface area contributed by atoms with Gasteiger partial charge in [-0.25, -0.2) is 5.84 Å². The first-order valence-electron chi connectivity index (χ1n) is 4.56. The molecule has 0 heterocycles. The number of rotatable bonds is 4. The van der Waals surface area contributed by atoms with Gasteiger partial charge in [-0.3, -0.25) is 10.2 Å². The van der Waals surface area contributed by atoms with E-state index in [1.165, 1.54) is 0 Å². The summed E-state index contributed by atoms with van der Waals surface area (Å²) >= 11 is 0. The Morgan fingerprint density at radius 3 is 2.75 bits per heavy atom. The molecule has 0 aromatic heterocycles. The van der Waals surface area contributed by atoms with E-state index in [0.29, 0.717) is 12.1 Å². The van der Waals surface area contributed by atoms with E-state index in [1.54, 1.807) is 36.4 Å². The summed E-state index contributed by atoms with van der Waals surface area (Å²) < 4.78 is 0. The van der Waals surface area contributed by atoms with Gasteiger partial charge in [0.1, 0.15) is 0 Å². The van der Waals surface area contributed by atoms with Gasteiger partial charge in [-0.1, -0.05) is 29.4 Å². The van der Waals surface area contributed by atoms with Crippen molar-refractivity contribution in [2.24, 2.45) is 11.0 Å². The van der Waals surface area contributed by atoms with Gasteiger partial charge in [0.05, 0.1) is 0 Å². The largest absolute Gasteiger partial charge is 0.290 e. The van der Waals surface area contributed by atoms with Crippen LogP contribution in [-0.4, -0.2) is 12.5 Å². The van der Waals surface area contributed by atoms with Gasteiger partial charge >= 0.3 is 0 Å². The molecule has 0 radical (unpaired) electrons. The molecule has 0 spiro atoms. The monoisotopic (exact) mass is 217 g/mol. The predicted molar refractivity (Wildman–Crippen MR) is 61.1 cm³/mol. The number of hydrogen-bond acceptors (Lipinski definition) is 3. The number of nitrogen functional groups attached to an aromatic ring is 1. The van der Waals surface area contributed by atoms with Crippen molar-refractivity contribution in [3.8, 4) is 0 Å². The molecule has 0 fully saturated rings. The fourth-order valence-corrected chi connectivity index (χ4v) is 1.10. The van der Waals surface area contributed by atoms with Gasteiger partial charge in [0, 0.05) is 17.0 Å². The van der Waals surface area contributed by atoms with Gasteiger partial charge in [-0.05, 0) is 23.2 Å². The lowest BCUT2D eigenvalue weighted by atomic mass is 10.1. The maximum absolute atomic E-state index is 11.1. The van der Waals surface area contributed by atoms with Crippen molar-refractivity contribution in [2.45, 2.75) is 0 Å². The van der Waals surface area contributed by atoms with Crippen LogP contribution in [0.1, 0.15) is 15.9 Å². The van der Waals surface area contributed by atoms with Crippen LogP contribution in [0.3, 0.4) is 0 Å². The average molecular weight is 217 g/mol. The maximum Gasteiger partial charge on any atom is 0.265 e. The summed E-state index contributed by atoms with van der Waals surface area (Å²) in [6.45, 7) is 0.307. The van der Waals surface area contributed by atoms with Crippen molar-refractivity contribution >= 4 is 12.0 Å². The topological polar surface area (TPSA) is 104 Å². The number of benzene rings is 1. The minimum Gasteiger partial charge on any atom is -0.290 e. The first-order valence-corrected chi connectivity index (χ1v) is 4.56. The molecule has 0 aliphatic heterocycles. The number of nitrogens with zero attached hydrogens (tertiary/aromatic N) is 3. The lowest BCUT2D eigenvalue weighted by molar-refractivity contribution is 0.0953. The lowest BCUT2D eigenvalue weighted by Gasteiger charge is -1.99. The number of amides is 1. The van der Waals surface area contributed by atoms with E-state index in [0.717, 1.165) is 5.56 Å². The Hall–Kier alpha value is -2.30. The van der Waals surface area contributed by atoms with E-state index in [4.69, 9.17) is 11.4 Å². The highest BCUT2D eigenvalue weighted by molar-refractivity contribution is 5.93. The van der Waals surface area contributed by atoms with Crippen molar-refractivity contribution in [3.63, 3.8) is 0 Å². The molecule has 6 nitrogen and oxygen atoms in total. The van der Waals surface area contributed by atoms with Gasteiger partial charge in [0.25, 0.3) is 5.91 Å². The molecule has 1 rings (SSSR count). The van der Waals surface area contributed by atoms with Crippen LogP contribution < -0.4 is 11.3 Å². The Balaban J connectivity index is 2.67. The van der Waals surface area contributed by atoms with Crippen LogP contribution in [0, 0.1) is 0 Å². The highest BCUT2D eigenvalue weighted by Crippen LogP contribution is 2.05. The summed E-state index contributed by atoms with van der Waals surface area (Å²) in [4.78, 5) is 13.7. The Labute approximate surface area is 92.4 Å². The predicted octanol–water partition coefficient (Wildman–Crippen LogP) is 1.61. The van der Waals surface area contributed by atoms with Gasteiger partial charge < -0.3 is 0 Å². The molecule has 6 heteroatoms. The smallest absolute Gasteiger partial charge is 0.265 e. The normalized spacial score (nSPS) is 9.81. The van der Waals surface area contributed by atoms with Crippen molar-refractivity contribution < 1.29 is 4.79 Å². The second-order valence-electron chi connectivity index (χ2n) is 2.91. The fraction of sp³-hybridized carbons (Fsp3) is 0.100. The summed E-state index contributed by atoms with van der Waals surface area (Å²) in [5, 5.41) is 3.36. The van der Waals surface area contributed by atoms with Crippen LogP contribution in [0.25, 0.3) is 16.5 Å². The van der Waals surface area contributed by atoms with E-state index in [2.05, 4.69) is 10.0 Å². The molecule has 0 saturated heterocycles. The van der Waals surface area contributed by atoms with Crippen LogP contribution in [0.4, 0.5) is 0 Å². The molecule has 0 unspecified atom stereocenters. The summed E-state index contributed by atoms with van der Waals surface area (Å²) in [5.74, 6) is 4.67. The Bertz CT molecular complexity index is 431. The van der Waals surface area contributed by atoms with Crippen LogP contribution in [0.5, 0.6) is 0 Å². The number of carbonyl (C=O) groups is 1. The molecule has 82 valence electrons. The van der Waals surface area contributed by atoms with E-state index in [9.17, 15) is 4.79 Å². The van der Waals surface area contributed by atoms with Crippen molar-refractivity contribution in [1.29, 1.82) is 0 Å². The summed E-state index contributed by atoms with van der Waals surface area (Å²) in [6.07, 6.45) is 3.54. The molecule has 3 N–H and O–H groups in total. The second-order valence-corrected chi connectivity index (χ2v) is 2.91. The summed E-state index contributed by atoms with van der Waals surface area (Å²) in [5.41, 5.74) is 11.5. The van der Waals surface area contributed by atoms with Crippen LogP contribution in [0.15, 0.2) is 35.5 Å². The zero-order valence-electron chi connectivity index (χ0n) is 8.50. The second kappa shape index (κ2) is 6.23.